The minimum absolute atomic E-state index is 0.0334. The lowest BCUT2D eigenvalue weighted by Gasteiger charge is -2.19. The molecule has 1 unspecified atom stereocenters. The SMILES string of the molecule is COc1cc(Cl)cc(CC(C)C(=O)O)c1OC(C)C. The third kappa shape index (κ3) is 4.31. The Hall–Kier alpha value is -1.42. The van der Waals surface area contributed by atoms with Crippen LogP contribution >= 0.6 is 11.6 Å². The zero-order valence-corrected chi connectivity index (χ0v) is 12.3. The molecule has 0 bridgehead atoms. The highest BCUT2D eigenvalue weighted by Gasteiger charge is 2.19. The van der Waals surface area contributed by atoms with E-state index < -0.39 is 11.9 Å². The van der Waals surface area contributed by atoms with Crippen molar-refractivity contribution in [1.29, 1.82) is 0 Å². The number of rotatable bonds is 6. The summed E-state index contributed by atoms with van der Waals surface area (Å²) in [6.07, 6.45) is 0.308. The van der Waals surface area contributed by atoms with Crippen molar-refractivity contribution in [3.63, 3.8) is 0 Å². The van der Waals surface area contributed by atoms with E-state index in [1.165, 1.54) is 7.11 Å². The van der Waals surface area contributed by atoms with Crippen molar-refractivity contribution in [3.05, 3.63) is 22.7 Å². The van der Waals surface area contributed by atoms with Crippen molar-refractivity contribution < 1.29 is 19.4 Å². The van der Waals surface area contributed by atoms with Gasteiger partial charge in [-0.15, -0.1) is 0 Å². The molecule has 0 saturated heterocycles. The number of hydrogen-bond donors (Lipinski definition) is 1. The summed E-state index contributed by atoms with van der Waals surface area (Å²) in [5, 5.41) is 9.51. The third-order valence-electron chi connectivity index (χ3n) is 2.62. The van der Waals surface area contributed by atoms with Gasteiger partial charge in [0.1, 0.15) is 0 Å². The van der Waals surface area contributed by atoms with Gasteiger partial charge in [-0.1, -0.05) is 18.5 Å². The van der Waals surface area contributed by atoms with Crippen LogP contribution < -0.4 is 9.47 Å². The Morgan fingerprint density at radius 1 is 1.37 bits per heavy atom. The molecule has 0 aliphatic heterocycles. The Morgan fingerprint density at radius 3 is 2.47 bits per heavy atom. The molecule has 1 aromatic rings. The van der Waals surface area contributed by atoms with E-state index in [0.717, 1.165) is 5.56 Å². The summed E-state index contributed by atoms with van der Waals surface area (Å²) in [4.78, 5) is 11.0. The van der Waals surface area contributed by atoms with Gasteiger partial charge in [0.2, 0.25) is 0 Å². The monoisotopic (exact) mass is 286 g/mol. The lowest BCUT2D eigenvalue weighted by atomic mass is 10.00. The van der Waals surface area contributed by atoms with Crippen molar-refractivity contribution >= 4 is 17.6 Å². The largest absolute Gasteiger partial charge is 0.493 e. The number of benzene rings is 1. The molecule has 4 nitrogen and oxygen atoms in total. The first-order valence-electron chi connectivity index (χ1n) is 6.11. The summed E-state index contributed by atoms with van der Waals surface area (Å²) in [6.45, 7) is 5.45. The van der Waals surface area contributed by atoms with Crippen molar-refractivity contribution in [1.82, 2.24) is 0 Å². The zero-order chi connectivity index (χ0) is 14.6. The maximum atomic E-state index is 11.0. The molecule has 0 aliphatic carbocycles. The maximum absolute atomic E-state index is 11.0. The fraction of sp³-hybridized carbons (Fsp3) is 0.500. The van der Waals surface area contributed by atoms with Gasteiger partial charge in [-0.05, 0) is 26.3 Å². The summed E-state index contributed by atoms with van der Waals surface area (Å²) in [6, 6.07) is 3.38. The third-order valence-corrected chi connectivity index (χ3v) is 2.84. The first-order valence-corrected chi connectivity index (χ1v) is 6.48. The van der Waals surface area contributed by atoms with Crippen molar-refractivity contribution in [3.8, 4) is 11.5 Å². The van der Waals surface area contributed by atoms with E-state index in [1.54, 1.807) is 19.1 Å². The van der Waals surface area contributed by atoms with E-state index in [-0.39, 0.29) is 6.10 Å². The Balaban J connectivity index is 3.18. The van der Waals surface area contributed by atoms with Crippen LogP contribution in [0.15, 0.2) is 12.1 Å². The van der Waals surface area contributed by atoms with Crippen LogP contribution in [0.2, 0.25) is 5.02 Å². The van der Waals surface area contributed by atoms with Crippen molar-refractivity contribution in [2.75, 3.05) is 7.11 Å². The average Bonchev–Trinajstić information content (AvgIpc) is 2.31. The molecule has 0 aliphatic rings. The van der Waals surface area contributed by atoms with Crippen molar-refractivity contribution in [2.24, 2.45) is 5.92 Å². The van der Waals surface area contributed by atoms with Gasteiger partial charge in [0.15, 0.2) is 11.5 Å². The second kappa shape index (κ2) is 6.66. The first kappa shape index (κ1) is 15.6. The van der Waals surface area contributed by atoms with E-state index in [2.05, 4.69) is 0 Å². The summed E-state index contributed by atoms with van der Waals surface area (Å²) in [7, 11) is 1.53. The van der Waals surface area contributed by atoms with Crippen LogP contribution in [0.4, 0.5) is 0 Å². The molecule has 5 heteroatoms. The van der Waals surface area contributed by atoms with Gasteiger partial charge in [0.25, 0.3) is 0 Å². The van der Waals surface area contributed by atoms with Gasteiger partial charge in [-0.3, -0.25) is 4.79 Å². The molecule has 0 saturated carbocycles. The van der Waals surface area contributed by atoms with E-state index >= 15 is 0 Å². The van der Waals surface area contributed by atoms with E-state index in [4.69, 9.17) is 26.2 Å². The molecule has 1 N–H and O–H groups in total. The highest BCUT2D eigenvalue weighted by molar-refractivity contribution is 6.30. The molecule has 1 rings (SSSR count). The minimum Gasteiger partial charge on any atom is -0.493 e. The van der Waals surface area contributed by atoms with Crippen LogP contribution in [0.1, 0.15) is 26.3 Å². The predicted octanol–water partition coefficient (Wildman–Crippen LogP) is 3.40. The number of ether oxygens (including phenoxy) is 2. The molecule has 0 heterocycles. The molecular formula is C14H19ClO4. The summed E-state index contributed by atoms with van der Waals surface area (Å²) in [5.41, 5.74) is 0.743. The fourth-order valence-electron chi connectivity index (χ4n) is 1.71. The molecule has 0 fully saturated rings. The van der Waals surface area contributed by atoms with Gasteiger partial charge >= 0.3 is 5.97 Å². The second-order valence-corrected chi connectivity index (χ2v) is 5.14. The van der Waals surface area contributed by atoms with Crippen molar-refractivity contribution in [2.45, 2.75) is 33.3 Å². The quantitative estimate of drug-likeness (QED) is 0.871. The fourth-order valence-corrected chi connectivity index (χ4v) is 1.94. The first-order chi connectivity index (χ1) is 8.85. The van der Waals surface area contributed by atoms with Crippen LogP contribution in [0.5, 0.6) is 11.5 Å². The molecule has 0 spiro atoms. The van der Waals surface area contributed by atoms with Crippen LogP contribution in [0.25, 0.3) is 0 Å². The topological polar surface area (TPSA) is 55.8 Å². The van der Waals surface area contributed by atoms with Gasteiger partial charge < -0.3 is 14.6 Å². The highest BCUT2D eigenvalue weighted by atomic mass is 35.5. The standard InChI is InChI=1S/C14H19ClO4/c1-8(2)19-13-10(5-9(3)14(16)17)6-11(15)7-12(13)18-4/h6-9H,5H2,1-4H3,(H,16,17). The Bertz CT molecular complexity index is 457. The lowest BCUT2D eigenvalue weighted by molar-refractivity contribution is -0.141. The predicted molar refractivity (Wildman–Crippen MR) is 74.3 cm³/mol. The zero-order valence-electron chi connectivity index (χ0n) is 11.6. The van der Waals surface area contributed by atoms with E-state index in [0.29, 0.717) is 22.9 Å². The molecule has 0 amide bonds. The minimum atomic E-state index is -0.852. The van der Waals surface area contributed by atoms with Gasteiger partial charge in [0, 0.05) is 16.7 Å². The number of carbonyl (C=O) groups is 1. The molecule has 0 aromatic heterocycles. The smallest absolute Gasteiger partial charge is 0.306 e. The lowest BCUT2D eigenvalue weighted by Crippen LogP contribution is -2.15. The second-order valence-electron chi connectivity index (χ2n) is 4.71. The van der Waals surface area contributed by atoms with Crippen LogP contribution in [0.3, 0.4) is 0 Å². The normalized spacial score (nSPS) is 12.3. The maximum Gasteiger partial charge on any atom is 0.306 e. The van der Waals surface area contributed by atoms with E-state index in [1.807, 2.05) is 13.8 Å². The molecule has 0 radical (unpaired) electrons. The number of hydrogen-bond acceptors (Lipinski definition) is 3. The Labute approximate surface area is 118 Å². The number of carboxylic acids is 1. The average molecular weight is 287 g/mol. The Kier molecular flexibility index (Phi) is 5.48. The number of methoxy groups -OCH3 is 1. The number of halogens is 1. The van der Waals surface area contributed by atoms with E-state index in [9.17, 15) is 4.79 Å². The molecule has 1 aromatic carbocycles. The number of aliphatic carboxylic acids is 1. The van der Waals surface area contributed by atoms with Crippen LogP contribution in [-0.4, -0.2) is 24.3 Å². The molecule has 106 valence electrons. The molecular weight excluding hydrogens is 268 g/mol. The highest BCUT2D eigenvalue weighted by Crippen LogP contribution is 2.36. The van der Waals surface area contributed by atoms with Crippen LogP contribution in [0, 0.1) is 5.92 Å². The van der Waals surface area contributed by atoms with Gasteiger partial charge in [-0.25, -0.2) is 0 Å². The van der Waals surface area contributed by atoms with Crippen LogP contribution in [-0.2, 0) is 11.2 Å². The Morgan fingerprint density at radius 2 is 2.00 bits per heavy atom. The summed E-state index contributed by atoms with van der Waals surface area (Å²) in [5.74, 6) is -0.282. The number of carboxylic acid groups (broad SMARTS) is 1. The van der Waals surface area contributed by atoms with Gasteiger partial charge in [0.05, 0.1) is 19.1 Å². The molecule has 1 atom stereocenters. The van der Waals surface area contributed by atoms with Gasteiger partial charge in [-0.2, -0.15) is 0 Å². The summed E-state index contributed by atoms with van der Waals surface area (Å²) >= 11 is 6.02. The summed E-state index contributed by atoms with van der Waals surface area (Å²) < 4.78 is 11.0. The molecule has 19 heavy (non-hydrogen) atoms.